The molecule has 0 bridgehead atoms. The van der Waals surface area contributed by atoms with E-state index < -0.39 is 0 Å². The lowest BCUT2D eigenvalue weighted by Gasteiger charge is -2.06. The van der Waals surface area contributed by atoms with Crippen LogP contribution in [0.5, 0.6) is 11.5 Å². The minimum atomic E-state index is 0.683. The van der Waals surface area contributed by atoms with E-state index in [1.165, 1.54) is 5.56 Å². The van der Waals surface area contributed by atoms with Crippen LogP contribution in [-0.4, -0.2) is 24.2 Å². The molecule has 0 aliphatic heterocycles. The molecule has 1 N–H and O–H groups in total. The highest BCUT2D eigenvalue weighted by atomic mass is 16.5. The molecule has 0 saturated heterocycles. The molecule has 0 atom stereocenters. The lowest BCUT2D eigenvalue weighted by atomic mass is 10.1. The average molecular weight is 268 g/mol. The number of hydrogen-bond acceptors (Lipinski definition) is 3. The molecular formula is C16H16N2O2. The summed E-state index contributed by atoms with van der Waals surface area (Å²) in [6, 6.07) is 12.0. The van der Waals surface area contributed by atoms with E-state index >= 15 is 0 Å². The standard InChI is InChI=1S/C16H16N2O2/c1-10-5-4-6-11(7-10)16-17-12-8-14(19-2)15(20-3)9-13(12)18-16/h4-9H,1-3H3,(H,17,18). The molecule has 4 heteroatoms. The van der Waals surface area contributed by atoms with Gasteiger partial charge in [-0.2, -0.15) is 0 Å². The van der Waals surface area contributed by atoms with E-state index in [0.29, 0.717) is 11.5 Å². The fraction of sp³-hybridized carbons (Fsp3) is 0.188. The lowest BCUT2D eigenvalue weighted by Crippen LogP contribution is -1.89. The highest BCUT2D eigenvalue weighted by Gasteiger charge is 2.10. The summed E-state index contributed by atoms with van der Waals surface area (Å²) in [5.74, 6) is 2.22. The van der Waals surface area contributed by atoms with Gasteiger partial charge in [0.15, 0.2) is 11.5 Å². The van der Waals surface area contributed by atoms with E-state index in [-0.39, 0.29) is 0 Å². The van der Waals surface area contributed by atoms with Crippen LogP contribution in [0.1, 0.15) is 5.56 Å². The number of nitrogens with one attached hydrogen (secondary N) is 1. The van der Waals surface area contributed by atoms with Gasteiger partial charge in [0.25, 0.3) is 0 Å². The smallest absolute Gasteiger partial charge is 0.163 e. The van der Waals surface area contributed by atoms with Crippen molar-refractivity contribution in [3.05, 3.63) is 42.0 Å². The zero-order chi connectivity index (χ0) is 14.1. The Bertz CT molecular complexity index is 721. The Morgan fingerprint density at radius 1 is 1.00 bits per heavy atom. The van der Waals surface area contributed by atoms with Crippen molar-refractivity contribution < 1.29 is 9.47 Å². The summed E-state index contributed by atoms with van der Waals surface area (Å²) < 4.78 is 10.6. The zero-order valence-electron chi connectivity index (χ0n) is 11.7. The van der Waals surface area contributed by atoms with Crippen molar-refractivity contribution in [3.8, 4) is 22.9 Å². The number of hydrogen-bond donors (Lipinski definition) is 1. The molecule has 3 rings (SSSR count). The third-order valence-electron chi connectivity index (χ3n) is 3.28. The molecule has 0 aliphatic rings. The number of rotatable bonds is 3. The molecule has 4 nitrogen and oxygen atoms in total. The van der Waals surface area contributed by atoms with Crippen molar-refractivity contribution in [2.75, 3.05) is 14.2 Å². The van der Waals surface area contributed by atoms with Crippen LogP contribution in [0.3, 0.4) is 0 Å². The fourth-order valence-corrected chi connectivity index (χ4v) is 2.27. The van der Waals surface area contributed by atoms with E-state index in [1.807, 2.05) is 24.3 Å². The molecule has 2 aromatic carbocycles. The largest absolute Gasteiger partial charge is 0.493 e. The average Bonchev–Trinajstić information content (AvgIpc) is 2.88. The van der Waals surface area contributed by atoms with E-state index in [4.69, 9.17) is 9.47 Å². The Balaban J connectivity index is 2.15. The van der Waals surface area contributed by atoms with Crippen LogP contribution < -0.4 is 9.47 Å². The van der Waals surface area contributed by atoms with Gasteiger partial charge in [-0.3, -0.25) is 0 Å². The van der Waals surface area contributed by atoms with E-state index in [1.54, 1.807) is 14.2 Å². The van der Waals surface area contributed by atoms with E-state index in [9.17, 15) is 0 Å². The molecular weight excluding hydrogens is 252 g/mol. The van der Waals surface area contributed by atoms with Crippen LogP contribution in [0.4, 0.5) is 0 Å². The second-order valence-electron chi connectivity index (χ2n) is 4.68. The van der Waals surface area contributed by atoms with Crippen molar-refractivity contribution in [3.63, 3.8) is 0 Å². The normalized spacial score (nSPS) is 10.8. The third-order valence-corrected chi connectivity index (χ3v) is 3.28. The molecule has 1 aromatic heterocycles. The highest BCUT2D eigenvalue weighted by molar-refractivity contribution is 5.83. The van der Waals surface area contributed by atoms with Gasteiger partial charge in [-0.05, 0) is 13.0 Å². The number of H-pyrrole nitrogens is 1. The first-order valence-corrected chi connectivity index (χ1v) is 6.40. The van der Waals surface area contributed by atoms with Crippen LogP contribution in [-0.2, 0) is 0 Å². The Hall–Kier alpha value is -2.49. The maximum Gasteiger partial charge on any atom is 0.163 e. The summed E-state index contributed by atoms with van der Waals surface area (Å²) in [4.78, 5) is 7.94. The number of ether oxygens (including phenoxy) is 2. The predicted molar refractivity (Wildman–Crippen MR) is 79.4 cm³/mol. The summed E-state index contributed by atoms with van der Waals surface area (Å²) in [5.41, 5.74) is 4.07. The second kappa shape index (κ2) is 4.89. The Kier molecular flexibility index (Phi) is 3.06. The molecule has 20 heavy (non-hydrogen) atoms. The third kappa shape index (κ3) is 2.09. The number of aromatic amines is 1. The van der Waals surface area contributed by atoms with Gasteiger partial charge in [-0.25, -0.2) is 4.98 Å². The van der Waals surface area contributed by atoms with Crippen molar-refractivity contribution in [1.82, 2.24) is 9.97 Å². The summed E-state index contributed by atoms with van der Waals surface area (Å²) in [5, 5.41) is 0. The molecule has 3 aromatic rings. The molecule has 0 aliphatic carbocycles. The first-order chi connectivity index (χ1) is 9.71. The highest BCUT2D eigenvalue weighted by Crippen LogP contribution is 2.32. The first-order valence-electron chi connectivity index (χ1n) is 6.40. The van der Waals surface area contributed by atoms with Crippen molar-refractivity contribution >= 4 is 11.0 Å². The predicted octanol–water partition coefficient (Wildman–Crippen LogP) is 3.56. The van der Waals surface area contributed by atoms with E-state index in [0.717, 1.165) is 22.4 Å². The lowest BCUT2D eigenvalue weighted by molar-refractivity contribution is 0.356. The van der Waals surface area contributed by atoms with Gasteiger partial charge in [-0.15, -0.1) is 0 Å². The topological polar surface area (TPSA) is 47.1 Å². The fourth-order valence-electron chi connectivity index (χ4n) is 2.27. The van der Waals surface area contributed by atoms with Crippen LogP contribution in [0, 0.1) is 6.92 Å². The Labute approximate surface area is 117 Å². The number of methoxy groups -OCH3 is 2. The summed E-state index contributed by atoms with van der Waals surface area (Å²) in [6.45, 7) is 2.07. The van der Waals surface area contributed by atoms with Crippen LogP contribution in [0.2, 0.25) is 0 Å². The second-order valence-corrected chi connectivity index (χ2v) is 4.68. The molecule has 0 radical (unpaired) electrons. The van der Waals surface area contributed by atoms with Crippen molar-refractivity contribution in [1.29, 1.82) is 0 Å². The summed E-state index contributed by atoms with van der Waals surface area (Å²) >= 11 is 0. The molecule has 0 fully saturated rings. The molecule has 0 unspecified atom stereocenters. The maximum absolute atomic E-state index is 5.31. The van der Waals surface area contributed by atoms with Gasteiger partial charge in [-0.1, -0.05) is 23.8 Å². The quantitative estimate of drug-likeness (QED) is 0.790. The van der Waals surface area contributed by atoms with Gasteiger partial charge in [0.1, 0.15) is 5.82 Å². The number of imidazole rings is 1. The zero-order valence-corrected chi connectivity index (χ0v) is 11.7. The van der Waals surface area contributed by atoms with Crippen molar-refractivity contribution in [2.24, 2.45) is 0 Å². The number of nitrogens with zero attached hydrogens (tertiary/aromatic N) is 1. The first kappa shape index (κ1) is 12.5. The SMILES string of the molecule is COc1cc2nc(-c3cccc(C)c3)[nH]c2cc1OC. The number of fused-ring (bicyclic) bond motifs is 1. The molecule has 0 saturated carbocycles. The summed E-state index contributed by atoms with van der Waals surface area (Å²) in [7, 11) is 3.25. The minimum absolute atomic E-state index is 0.683. The van der Waals surface area contributed by atoms with E-state index in [2.05, 4.69) is 29.0 Å². The molecule has 0 spiro atoms. The number of benzene rings is 2. The molecule has 0 amide bonds. The maximum atomic E-state index is 5.31. The van der Waals surface area contributed by atoms with Gasteiger partial charge in [0.2, 0.25) is 0 Å². The number of aromatic nitrogens is 2. The Morgan fingerprint density at radius 2 is 1.75 bits per heavy atom. The molecule has 1 heterocycles. The van der Waals surface area contributed by atoms with Gasteiger partial charge < -0.3 is 14.5 Å². The number of aryl methyl sites for hydroxylation is 1. The van der Waals surface area contributed by atoms with Gasteiger partial charge in [0, 0.05) is 17.7 Å². The minimum Gasteiger partial charge on any atom is -0.493 e. The van der Waals surface area contributed by atoms with Crippen LogP contribution in [0.25, 0.3) is 22.4 Å². The van der Waals surface area contributed by atoms with Crippen LogP contribution in [0.15, 0.2) is 36.4 Å². The van der Waals surface area contributed by atoms with Gasteiger partial charge in [0.05, 0.1) is 25.3 Å². The van der Waals surface area contributed by atoms with Gasteiger partial charge >= 0.3 is 0 Å². The molecule has 102 valence electrons. The summed E-state index contributed by atoms with van der Waals surface area (Å²) in [6.07, 6.45) is 0. The van der Waals surface area contributed by atoms with Crippen LogP contribution >= 0.6 is 0 Å². The van der Waals surface area contributed by atoms with Crippen molar-refractivity contribution in [2.45, 2.75) is 6.92 Å². The monoisotopic (exact) mass is 268 g/mol. The Morgan fingerprint density at radius 3 is 2.45 bits per heavy atom.